The number of rotatable bonds is 7. The SMILES string of the molecule is COc1cccc(COc2ccc3c(c2)O/C(=C\c2ccc(OC)c(OC)c2)C3=O)c1. The van der Waals surface area contributed by atoms with Crippen molar-refractivity contribution in [2.75, 3.05) is 21.3 Å². The molecule has 0 aliphatic carbocycles. The van der Waals surface area contributed by atoms with E-state index in [0.29, 0.717) is 35.2 Å². The first kappa shape index (κ1) is 20.3. The maximum Gasteiger partial charge on any atom is 0.231 e. The Balaban J connectivity index is 1.50. The molecular formula is C25H22O6. The molecule has 1 aliphatic rings. The zero-order valence-electron chi connectivity index (χ0n) is 17.5. The van der Waals surface area contributed by atoms with Crippen LogP contribution < -0.4 is 23.7 Å². The molecule has 3 aromatic rings. The van der Waals surface area contributed by atoms with Gasteiger partial charge in [0.2, 0.25) is 5.78 Å². The van der Waals surface area contributed by atoms with Crippen molar-refractivity contribution in [1.29, 1.82) is 0 Å². The lowest BCUT2D eigenvalue weighted by Crippen LogP contribution is -1.98. The number of hydrogen-bond acceptors (Lipinski definition) is 6. The smallest absolute Gasteiger partial charge is 0.231 e. The number of fused-ring (bicyclic) bond motifs is 1. The Morgan fingerprint density at radius 2 is 1.68 bits per heavy atom. The van der Waals surface area contributed by atoms with E-state index in [-0.39, 0.29) is 11.5 Å². The highest BCUT2D eigenvalue weighted by Gasteiger charge is 2.27. The molecule has 0 bridgehead atoms. The van der Waals surface area contributed by atoms with Crippen molar-refractivity contribution in [3.63, 3.8) is 0 Å². The van der Waals surface area contributed by atoms with Crippen LogP contribution in [0.5, 0.6) is 28.7 Å². The van der Waals surface area contributed by atoms with E-state index < -0.39 is 0 Å². The Hall–Kier alpha value is -3.93. The third-order valence-corrected chi connectivity index (χ3v) is 4.89. The number of Topliss-reactive ketones (excluding diaryl/α,β-unsaturated/α-hetero) is 1. The van der Waals surface area contributed by atoms with E-state index in [0.717, 1.165) is 16.9 Å². The molecule has 0 unspecified atom stereocenters. The number of benzene rings is 3. The zero-order chi connectivity index (χ0) is 21.8. The quantitative estimate of drug-likeness (QED) is 0.508. The van der Waals surface area contributed by atoms with Gasteiger partial charge in [-0.05, 0) is 53.6 Å². The molecule has 0 aromatic heterocycles. The predicted molar refractivity (Wildman–Crippen MR) is 116 cm³/mol. The summed E-state index contributed by atoms with van der Waals surface area (Å²) in [5.41, 5.74) is 2.25. The summed E-state index contributed by atoms with van der Waals surface area (Å²) < 4.78 is 27.5. The summed E-state index contributed by atoms with van der Waals surface area (Å²) in [6.07, 6.45) is 1.68. The second-order valence-corrected chi connectivity index (χ2v) is 6.85. The molecule has 0 radical (unpaired) electrons. The molecule has 6 nitrogen and oxygen atoms in total. The molecule has 158 valence electrons. The average Bonchev–Trinajstić information content (AvgIpc) is 3.12. The number of methoxy groups -OCH3 is 3. The van der Waals surface area contributed by atoms with Crippen LogP contribution in [0.15, 0.2) is 66.4 Å². The molecule has 1 aliphatic heterocycles. The standard InChI is InChI=1S/C25H22O6/c1-27-18-6-4-5-17(11-18)15-30-19-8-9-20-22(14-19)31-24(25(20)26)13-16-7-10-21(28-2)23(12-16)29-3/h4-14H,15H2,1-3H3/b24-13-. The molecule has 0 N–H and O–H groups in total. The van der Waals surface area contributed by atoms with E-state index in [2.05, 4.69) is 0 Å². The van der Waals surface area contributed by atoms with Gasteiger partial charge in [0.15, 0.2) is 17.3 Å². The summed E-state index contributed by atoms with van der Waals surface area (Å²) in [6, 6.07) is 18.3. The van der Waals surface area contributed by atoms with Gasteiger partial charge in [0, 0.05) is 6.07 Å². The summed E-state index contributed by atoms with van der Waals surface area (Å²) in [7, 11) is 4.76. The van der Waals surface area contributed by atoms with Crippen molar-refractivity contribution < 1.29 is 28.5 Å². The van der Waals surface area contributed by atoms with E-state index in [9.17, 15) is 4.79 Å². The minimum atomic E-state index is -0.177. The van der Waals surface area contributed by atoms with Crippen LogP contribution in [0.3, 0.4) is 0 Å². The first-order valence-electron chi connectivity index (χ1n) is 9.67. The summed E-state index contributed by atoms with van der Waals surface area (Å²) >= 11 is 0. The first-order valence-corrected chi connectivity index (χ1v) is 9.67. The molecule has 0 amide bonds. The van der Waals surface area contributed by atoms with Crippen molar-refractivity contribution >= 4 is 11.9 Å². The van der Waals surface area contributed by atoms with Crippen LogP contribution in [-0.2, 0) is 6.61 Å². The second kappa shape index (κ2) is 8.83. The lowest BCUT2D eigenvalue weighted by Gasteiger charge is -2.08. The third kappa shape index (κ3) is 4.33. The molecule has 0 saturated heterocycles. The van der Waals surface area contributed by atoms with Crippen molar-refractivity contribution in [1.82, 2.24) is 0 Å². The Bertz CT molecular complexity index is 1150. The lowest BCUT2D eigenvalue weighted by atomic mass is 10.1. The molecular weight excluding hydrogens is 396 g/mol. The maximum atomic E-state index is 12.7. The highest BCUT2D eigenvalue weighted by molar-refractivity contribution is 6.14. The second-order valence-electron chi connectivity index (χ2n) is 6.85. The van der Waals surface area contributed by atoms with Crippen LogP contribution >= 0.6 is 0 Å². The zero-order valence-corrected chi connectivity index (χ0v) is 17.5. The largest absolute Gasteiger partial charge is 0.497 e. The fourth-order valence-electron chi connectivity index (χ4n) is 3.28. The molecule has 1 heterocycles. The molecule has 0 saturated carbocycles. The Morgan fingerprint density at radius 3 is 2.45 bits per heavy atom. The van der Waals surface area contributed by atoms with Gasteiger partial charge < -0.3 is 23.7 Å². The predicted octanol–water partition coefficient (Wildman–Crippen LogP) is 4.91. The van der Waals surface area contributed by atoms with E-state index in [1.165, 1.54) is 0 Å². The Labute approximate surface area is 180 Å². The highest BCUT2D eigenvalue weighted by Crippen LogP contribution is 2.36. The number of carbonyl (C=O) groups excluding carboxylic acids is 1. The first-order chi connectivity index (χ1) is 15.1. The molecule has 31 heavy (non-hydrogen) atoms. The normalized spacial score (nSPS) is 13.5. The average molecular weight is 418 g/mol. The highest BCUT2D eigenvalue weighted by atomic mass is 16.5. The Morgan fingerprint density at radius 1 is 0.839 bits per heavy atom. The van der Waals surface area contributed by atoms with Crippen LogP contribution in [0.1, 0.15) is 21.5 Å². The van der Waals surface area contributed by atoms with E-state index in [1.54, 1.807) is 57.7 Å². The summed E-state index contributed by atoms with van der Waals surface area (Å²) in [6.45, 7) is 0.373. The topological polar surface area (TPSA) is 63.2 Å². The van der Waals surface area contributed by atoms with Crippen molar-refractivity contribution in [3.05, 3.63) is 83.1 Å². The van der Waals surface area contributed by atoms with Gasteiger partial charge >= 0.3 is 0 Å². The van der Waals surface area contributed by atoms with Gasteiger partial charge in [0.25, 0.3) is 0 Å². The van der Waals surface area contributed by atoms with E-state index in [4.69, 9.17) is 23.7 Å². The van der Waals surface area contributed by atoms with Gasteiger partial charge in [0.05, 0.1) is 26.9 Å². The summed E-state index contributed by atoms with van der Waals surface area (Å²) in [5.74, 6) is 3.12. The lowest BCUT2D eigenvalue weighted by molar-refractivity contribution is 0.101. The van der Waals surface area contributed by atoms with Crippen LogP contribution in [0.4, 0.5) is 0 Å². The van der Waals surface area contributed by atoms with Crippen molar-refractivity contribution in [2.24, 2.45) is 0 Å². The molecule has 3 aromatic carbocycles. The fraction of sp³-hybridized carbons (Fsp3) is 0.160. The molecule has 6 heteroatoms. The van der Waals surface area contributed by atoms with Gasteiger partial charge in [-0.1, -0.05) is 18.2 Å². The monoisotopic (exact) mass is 418 g/mol. The minimum absolute atomic E-state index is 0.177. The van der Waals surface area contributed by atoms with Gasteiger partial charge in [0.1, 0.15) is 23.9 Å². The van der Waals surface area contributed by atoms with Crippen LogP contribution in [0.2, 0.25) is 0 Å². The van der Waals surface area contributed by atoms with Gasteiger partial charge in [-0.3, -0.25) is 4.79 Å². The van der Waals surface area contributed by atoms with E-state index >= 15 is 0 Å². The molecule has 0 spiro atoms. The number of ether oxygens (including phenoxy) is 5. The number of carbonyl (C=O) groups is 1. The molecule has 0 atom stereocenters. The van der Waals surface area contributed by atoms with Crippen molar-refractivity contribution in [2.45, 2.75) is 6.61 Å². The third-order valence-electron chi connectivity index (χ3n) is 4.89. The van der Waals surface area contributed by atoms with Gasteiger partial charge in [-0.2, -0.15) is 0 Å². The number of ketones is 1. The van der Waals surface area contributed by atoms with Gasteiger partial charge in [-0.25, -0.2) is 0 Å². The van der Waals surface area contributed by atoms with Crippen molar-refractivity contribution in [3.8, 4) is 28.7 Å². The van der Waals surface area contributed by atoms with Crippen LogP contribution in [0.25, 0.3) is 6.08 Å². The number of hydrogen-bond donors (Lipinski definition) is 0. The van der Waals surface area contributed by atoms with Crippen LogP contribution in [0, 0.1) is 0 Å². The van der Waals surface area contributed by atoms with Crippen LogP contribution in [-0.4, -0.2) is 27.1 Å². The van der Waals surface area contributed by atoms with E-state index in [1.807, 2.05) is 30.3 Å². The minimum Gasteiger partial charge on any atom is -0.497 e. The summed E-state index contributed by atoms with van der Waals surface area (Å²) in [5, 5.41) is 0. The maximum absolute atomic E-state index is 12.7. The van der Waals surface area contributed by atoms with Gasteiger partial charge in [-0.15, -0.1) is 0 Å². The summed E-state index contributed by atoms with van der Waals surface area (Å²) in [4.78, 5) is 12.7. The molecule has 4 rings (SSSR count). The Kier molecular flexibility index (Phi) is 5.80. The fourth-order valence-corrected chi connectivity index (χ4v) is 3.28. The molecule has 0 fully saturated rings. The number of allylic oxidation sites excluding steroid dienone is 1.